The zero-order valence-electron chi connectivity index (χ0n) is 10.1. The smallest absolute Gasteiger partial charge is 0.433 e. The lowest BCUT2D eigenvalue weighted by Gasteiger charge is -2.10. The fraction of sp³-hybridized carbons (Fsp3) is 0.182. The third-order valence-corrected chi connectivity index (χ3v) is 2.55. The minimum Gasteiger partial charge on any atom is -0.437 e. The second kappa shape index (κ2) is 5.61. The van der Waals surface area contributed by atoms with Gasteiger partial charge in [0.05, 0.1) is 6.20 Å². The van der Waals surface area contributed by atoms with E-state index in [1.165, 1.54) is 19.4 Å². The Hall–Kier alpha value is -1.90. The predicted octanol–water partition coefficient (Wildman–Crippen LogP) is 3.49. The van der Waals surface area contributed by atoms with Gasteiger partial charge in [-0.3, -0.25) is 4.98 Å². The number of anilines is 1. The molecule has 5 nitrogen and oxygen atoms in total. The lowest BCUT2D eigenvalue weighted by atomic mass is 10.4. The normalized spacial score (nSPS) is 11.2. The van der Waals surface area contributed by atoms with Gasteiger partial charge in [0.1, 0.15) is 5.75 Å². The number of hydrogen-bond acceptors (Lipinski definition) is 5. The molecule has 20 heavy (non-hydrogen) atoms. The zero-order chi connectivity index (χ0) is 14.8. The van der Waals surface area contributed by atoms with Crippen LogP contribution < -0.4 is 10.1 Å². The number of nitrogens with zero attached hydrogens (tertiary/aromatic N) is 3. The van der Waals surface area contributed by atoms with Crippen molar-refractivity contribution in [3.05, 3.63) is 34.7 Å². The molecular formula is C11H8BrF3N4O. The third kappa shape index (κ3) is 3.56. The van der Waals surface area contributed by atoms with E-state index in [1.54, 1.807) is 6.07 Å². The van der Waals surface area contributed by atoms with Gasteiger partial charge in [0.25, 0.3) is 0 Å². The average molecular weight is 349 g/mol. The lowest BCUT2D eigenvalue weighted by Crippen LogP contribution is -2.11. The van der Waals surface area contributed by atoms with E-state index in [-0.39, 0.29) is 17.6 Å². The molecule has 0 bridgehead atoms. The molecule has 0 aromatic carbocycles. The summed E-state index contributed by atoms with van der Waals surface area (Å²) in [4.78, 5) is 11.0. The topological polar surface area (TPSA) is 59.9 Å². The molecule has 0 atom stereocenters. The van der Waals surface area contributed by atoms with Crippen LogP contribution in [-0.4, -0.2) is 22.0 Å². The van der Waals surface area contributed by atoms with Gasteiger partial charge in [-0.05, 0) is 22.0 Å². The number of halogens is 4. The molecule has 0 fully saturated rings. The Morgan fingerprint density at radius 2 is 1.95 bits per heavy atom. The fourth-order valence-corrected chi connectivity index (χ4v) is 1.65. The van der Waals surface area contributed by atoms with E-state index in [9.17, 15) is 13.2 Å². The molecule has 2 heterocycles. The first-order valence-electron chi connectivity index (χ1n) is 5.31. The van der Waals surface area contributed by atoms with Crippen molar-refractivity contribution in [2.45, 2.75) is 6.18 Å². The second-order valence-electron chi connectivity index (χ2n) is 3.60. The highest BCUT2D eigenvalue weighted by atomic mass is 79.9. The van der Waals surface area contributed by atoms with Crippen LogP contribution in [0.25, 0.3) is 0 Å². The van der Waals surface area contributed by atoms with Crippen LogP contribution in [0.5, 0.6) is 11.6 Å². The Bertz CT molecular complexity index is 621. The second-order valence-corrected chi connectivity index (χ2v) is 4.52. The van der Waals surface area contributed by atoms with Gasteiger partial charge in [0.15, 0.2) is 5.69 Å². The molecular weight excluding hydrogens is 341 g/mol. The maximum Gasteiger partial charge on any atom is 0.433 e. The summed E-state index contributed by atoms with van der Waals surface area (Å²) in [6.07, 6.45) is -1.70. The molecule has 0 aliphatic heterocycles. The Labute approximate surface area is 120 Å². The van der Waals surface area contributed by atoms with Crippen LogP contribution in [0.1, 0.15) is 5.69 Å². The summed E-state index contributed by atoms with van der Waals surface area (Å²) in [5, 5.41) is 2.45. The van der Waals surface area contributed by atoms with Gasteiger partial charge in [-0.25, -0.2) is 4.98 Å². The summed E-state index contributed by atoms with van der Waals surface area (Å²) >= 11 is 3.18. The number of ether oxygens (including phenoxy) is 1. The number of aromatic nitrogens is 3. The van der Waals surface area contributed by atoms with Gasteiger partial charge in [-0.2, -0.15) is 18.2 Å². The van der Waals surface area contributed by atoms with E-state index in [0.717, 1.165) is 6.07 Å². The molecule has 1 N–H and O–H groups in total. The number of nitrogens with one attached hydrogen (secondary N) is 1. The summed E-state index contributed by atoms with van der Waals surface area (Å²) in [6, 6.07) is 2.28. The van der Waals surface area contributed by atoms with E-state index in [4.69, 9.17) is 4.74 Å². The number of hydrogen-bond donors (Lipinski definition) is 1. The zero-order valence-corrected chi connectivity index (χ0v) is 11.7. The molecule has 0 saturated heterocycles. The van der Waals surface area contributed by atoms with Gasteiger partial charge in [0, 0.05) is 23.8 Å². The fourth-order valence-electron chi connectivity index (χ4n) is 1.30. The van der Waals surface area contributed by atoms with Gasteiger partial charge in [-0.1, -0.05) is 0 Å². The highest BCUT2D eigenvalue weighted by Crippen LogP contribution is 2.31. The Morgan fingerprint density at radius 3 is 2.55 bits per heavy atom. The Kier molecular flexibility index (Phi) is 4.07. The van der Waals surface area contributed by atoms with Gasteiger partial charge < -0.3 is 10.1 Å². The maximum atomic E-state index is 12.7. The Balaban J connectivity index is 2.36. The predicted molar refractivity (Wildman–Crippen MR) is 68.6 cm³/mol. The molecule has 0 spiro atoms. The van der Waals surface area contributed by atoms with Crippen molar-refractivity contribution in [3.63, 3.8) is 0 Å². The highest BCUT2D eigenvalue weighted by molar-refractivity contribution is 9.10. The molecule has 0 saturated carbocycles. The van der Waals surface area contributed by atoms with Crippen LogP contribution in [0.2, 0.25) is 0 Å². The largest absolute Gasteiger partial charge is 0.437 e. The number of alkyl halides is 3. The first-order chi connectivity index (χ1) is 9.38. The summed E-state index contributed by atoms with van der Waals surface area (Å²) in [5.74, 6) is -0.150. The molecule has 2 rings (SSSR count). The summed E-state index contributed by atoms with van der Waals surface area (Å²) in [6.45, 7) is 0. The number of rotatable bonds is 3. The van der Waals surface area contributed by atoms with Crippen molar-refractivity contribution in [2.24, 2.45) is 0 Å². The van der Waals surface area contributed by atoms with Crippen molar-refractivity contribution in [2.75, 3.05) is 12.4 Å². The average Bonchev–Trinajstić information content (AvgIpc) is 2.37. The summed E-state index contributed by atoms with van der Waals surface area (Å²) in [5.41, 5.74) is -1.09. The molecule has 2 aromatic heterocycles. The summed E-state index contributed by atoms with van der Waals surface area (Å²) < 4.78 is 44.0. The van der Waals surface area contributed by atoms with E-state index >= 15 is 0 Å². The van der Waals surface area contributed by atoms with Crippen molar-refractivity contribution < 1.29 is 17.9 Å². The van der Waals surface area contributed by atoms with Crippen molar-refractivity contribution in [1.29, 1.82) is 0 Å². The molecule has 0 aliphatic carbocycles. The monoisotopic (exact) mass is 348 g/mol. The van der Waals surface area contributed by atoms with Gasteiger partial charge in [0.2, 0.25) is 11.8 Å². The van der Waals surface area contributed by atoms with Crippen molar-refractivity contribution in [1.82, 2.24) is 15.0 Å². The molecule has 0 radical (unpaired) electrons. The van der Waals surface area contributed by atoms with Crippen LogP contribution in [0.3, 0.4) is 0 Å². The first-order valence-corrected chi connectivity index (χ1v) is 6.10. The third-order valence-electron chi connectivity index (χ3n) is 2.12. The Morgan fingerprint density at radius 1 is 1.20 bits per heavy atom. The molecule has 106 valence electrons. The minimum atomic E-state index is -4.58. The molecule has 9 heteroatoms. The number of pyridine rings is 1. The molecule has 0 unspecified atom stereocenters. The van der Waals surface area contributed by atoms with Crippen LogP contribution in [-0.2, 0) is 6.18 Å². The SMILES string of the molecule is CNc1nc(Oc2cncc(Br)c2)cc(C(F)(F)F)n1. The van der Waals surface area contributed by atoms with E-state index in [2.05, 4.69) is 36.2 Å². The van der Waals surface area contributed by atoms with Gasteiger partial charge in [-0.15, -0.1) is 0 Å². The van der Waals surface area contributed by atoms with Crippen molar-refractivity contribution in [3.8, 4) is 11.6 Å². The maximum absolute atomic E-state index is 12.7. The van der Waals surface area contributed by atoms with E-state index < -0.39 is 11.9 Å². The van der Waals surface area contributed by atoms with Crippen LogP contribution in [0, 0.1) is 0 Å². The van der Waals surface area contributed by atoms with Crippen molar-refractivity contribution >= 4 is 21.9 Å². The van der Waals surface area contributed by atoms with Crippen LogP contribution in [0.4, 0.5) is 19.1 Å². The quantitative estimate of drug-likeness (QED) is 0.919. The standard InChI is InChI=1S/C11H8BrF3N4O/c1-16-10-18-8(11(13,14)15)3-9(19-10)20-7-2-6(12)4-17-5-7/h2-5H,1H3,(H,16,18,19). The minimum absolute atomic E-state index is 0.183. The highest BCUT2D eigenvalue weighted by Gasteiger charge is 2.34. The first kappa shape index (κ1) is 14.5. The van der Waals surface area contributed by atoms with E-state index in [0.29, 0.717) is 4.47 Å². The van der Waals surface area contributed by atoms with Crippen LogP contribution >= 0.6 is 15.9 Å². The molecule has 0 aliphatic rings. The lowest BCUT2D eigenvalue weighted by molar-refractivity contribution is -0.141. The molecule has 0 amide bonds. The molecule has 2 aromatic rings. The summed E-state index contributed by atoms with van der Waals surface area (Å²) in [7, 11) is 1.42. The van der Waals surface area contributed by atoms with E-state index in [1.807, 2.05) is 0 Å². The van der Waals surface area contributed by atoms with Crippen LogP contribution in [0.15, 0.2) is 29.0 Å². The van der Waals surface area contributed by atoms with Gasteiger partial charge >= 0.3 is 6.18 Å².